The van der Waals surface area contributed by atoms with Gasteiger partial charge in [-0.15, -0.1) is 0 Å². The summed E-state index contributed by atoms with van der Waals surface area (Å²) in [6, 6.07) is 0.406. The molecule has 1 heterocycles. The summed E-state index contributed by atoms with van der Waals surface area (Å²) in [6.07, 6.45) is 8.36. The molecule has 1 saturated carbocycles. The van der Waals surface area contributed by atoms with E-state index >= 15 is 0 Å². The molecule has 96 valence electrons. The van der Waals surface area contributed by atoms with Crippen LogP contribution < -0.4 is 5.32 Å². The highest BCUT2D eigenvalue weighted by Gasteiger charge is 2.33. The molecule has 16 heavy (non-hydrogen) atoms. The third-order valence-corrected chi connectivity index (χ3v) is 3.85. The Kier molecular flexibility index (Phi) is 7.01. The van der Waals surface area contributed by atoms with Crippen molar-refractivity contribution in [3.8, 4) is 0 Å². The molecule has 2 atom stereocenters. The second-order valence-electron chi connectivity index (χ2n) is 5.00. The van der Waals surface area contributed by atoms with E-state index in [4.69, 9.17) is 0 Å². The van der Waals surface area contributed by atoms with Crippen molar-refractivity contribution in [3.05, 3.63) is 0 Å². The van der Waals surface area contributed by atoms with Crippen LogP contribution in [0, 0.1) is 11.8 Å². The minimum atomic E-state index is 0.334. The molecule has 2 unspecified atom stereocenters. The van der Waals surface area contributed by atoms with Crippen molar-refractivity contribution >= 4 is 0 Å². The molecule has 3 nitrogen and oxygen atoms in total. The number of ether oxygens (including phenoxy) is 1. The van der Waals surface area contributed by atoms with E-state index in [0.29, 0.717) is 12.6 Å². The van der Waals surface area contributed by atoms with Crippen molar-refractivity contribution in [1.82, 2.24) is 5.32 Å². The Morgan fingerprint density at radius 1 is 1.12 bits per heavy atom. The van der Waals surface area contributed by atoms with Gasteiger partial charge in [-0.05, 0) is 24.8 Å². The standard InChI is InChI=1S/C11H21NO.C2H6O/c13-8-11-10(6-7-12-11)9-4-2-1-3-5-9;1-3-2/h9-13H,1-8H2;1-2H3. The van der Waals surface area contributed by atoms with Crippen molar-refractivity contribution in [2.75, 3.05) is 27.4 Å². The smallest absolute Gasteiger partial charge is 0.0587 e. The lowest BCUT2D eigenvalue weighted by molar-refractivity contribution is 0.169. The SMILES string of the molecule is COC.OCC1NCCC1C1CCCCC1. The van der Waals surface area contributed by atoms with Crippen LogP contribution in [0.5, 0.6) is 0 Å². The molecular formula is C13H27NO2. The summed E-state index contributed by atoms with van der Waals surface area (Å²) < 4.78 is 4.25. The highest BCUT2D eigenvalue weighted by Crippen LogP contribution is 2.35. The predicted molar refractivity (Wildman–Crippen MR) is 66.5 cm³/mol. The second-order valence-corrected chi connectivity index (χ2v) is 5.00. The fourth-order valence-electron chi connectivity index (χ4n) is 3.11. The van der Waals surface area contributed by atoms with Crippen LogP contribution in [0.4, 0.5) is 0 Å². The van der Waals surface area contributed by atoms with E-state index in [0.717, 1.165) is 18.4 Å². The van der Waals surface area contributed by atoms with Gasteiger partial charge in [0.1, 0.15) is 0 Å². The van der Waals surface area contributed by atoms with Crippen LogP contribution in [-0.4, -0.2) is 38.5 Å². The number of aliphatic hydroxyl groups is 1. The molecule has 3 heteroatoms. The summed E-state index contributed by atoms with van der Waals surface area (Å²) in [5.74, 6) is 1.67. The van der Waals surface area contributed by atoms with Gasteiger partial charge in [-0.25, -0.2) is 0 Å². The maximum Gasteiger partial charge on any atom is 0.0587 e. The lowest BCUT2D eigenvalue weighted by Crippen LogP contribution is -2.35. The quantitative estimate of drug-likeness (QED) is 0.758. The molecule has 1 aliphatic heterocycles. The molecular weight excluding hydrogens is 202 g/mol. The van der Waals surface area contributed by atoms with Crippen molar-refractivity contribution in [3.63, 3.8) is 0 Å². The highest BCUT2D eigenvalue weighted by atomic mass is 16.4. The van der Waals surface area contributed by atoms with Crippen molar-refractivity contribution in [2.45, 2.75) is 44.6 Å². The summed E-state index contributed by atoms with van der Waals surface area (Å²) in [4.78, 5) is 0. The van der Waals surface area contributed by atoms with E-state index in [2.05, 4.69) is 10.1 Å². The van der Waals surface area contributed by atoms with Gasteiger partial charge in [0.25, 0.3) is 0 Å². The number of nitrogens with one attached hydrogen (secondary N) is 1. The molecule has 1 aliphatic carbocycles. The number of aliphatic hydroxyl groups excluding tert-OH is 1. The Morgan fingerprint density at radius 2 is 1.75 bits per heavy atom. The molecule has 1 saturated heterocycles. The van der Waals surface area contributed by atoms with E-state index < -0.39 is 0 Å². The summed E-state index contributed by atoms with van der Waals surface area (Å²) in [6.45, 7) is 1.45. The lowest BCUT2D eigenvalue weighted by Gasteiger charge is -2.30. The summed E-state index contributed by atoms with van der Waals surface area (Å²) >= 11 is 0. The van der Waals surface area contributed by atoms with E-state index in [-0.39, 0.29) is 0 Å². The summed E-state index contributed by atoms with van der Waals surface area (Å²) in [7, 11) is 3.25. The molecule has 0 aromatic rings. The zero-order chi connectivity index (χ0) is 11.8. The van der Waals surface area contributed by atoms with Crippen LogP contribution in [0.3, 0.4) is 0 Å². The monoisotopic (exact) mass is 229 g/mol. The first-order chi connectivity index (χ1) is 7.83. The van der Waals surface area contributed by atoms with E-state index in [1.165, 1.54) is 38.5 Å². The van der Waals surface area contributed by atoms with Gasteiger partial charge >= 0.3 is 0 Å². The lowest BCUT2D eigenvalue weighted by atomic mass is 9.77. The number of hydrogen-bond donors (Lipinski definition) is 2. The highest BCUT2D eigenvalue weighted by molar-refractivity contribution is 4.88. The average molecular weight is 229 g/mol. The van der Waals surface area contributed by atoms with Crippen molar-refractivity contribution < 1.29 is 9.84 Å². The van der Waals surface area contributed by atoms with Crippen molar-refractivity contribution in [2.24, 2.45) is 11.8 Å². The van der Waals surface area contributed by atoms with E-state index in [9.17, 15) is 5.11 Å². The molecule has 2 N–H and O–H groups in total. The average Bonchev–Trinajstić information content (AvgIpc) is 2.79. The molecule has 0 aromatic heterocycles. The fraction of sp³-hybridized carbons (Fsp3) is 1.00. The molecule has 0 aromatic carbocycles. The van der Waals surface area contributed by atoms with E-state index in [1.807, 2.05) is 0 Å². The fourth-order valence-corrected chi connectivity index (χ4v) is 3.11. The predicted octanol–water partition coefficient (Wildman–Crippen LogP) is 1.80. The van der Waals surface area contributed by atoms with Gasteiger partial charge in [-0.1, -0.05) is 32.1 Å². The number of hydrogen-bond acceptors (Lipinski definition) is 3. The minimum Gasteiger partial charge on any atom is -0.395 e. The molecule has 0 spiro atoms. The van der Waals surface area contributed by atoms with Crippen LogP contribution in [0.15, 0.2) is 0 Å². The second kappa shape index (κ2) is 8.04. The Balaban J connectivity index is 0.000000386. The van der Waals surface area contributed by atoms with Gasteiger partial charge in [-0.3, -0.25) is 0 Å². The Labute approximate surface area is 99.6 Å². The zero-order valence-electron chi connectivity index (χ0n) is 10.7. The van der Waals surface area contributed by atoms with Crippen LogP contribution in [0.2, 0.25) is 0 Å². The summed E-state index contributed by atoms with van der Waals surface area (Å²) in [5.41, 5.74) is 0. The van der Waals surface area contributed by atoms with Crippen molar-refractivity contribution in [1.29, 1.82) is 0 Å². The van der Waals surface area contributed by atoms with Crippen LogP contribution in [-0.2, 0) is 4.74 Å². The van der Waals surface area contributed by atoms with Crippen LogP contribution in [0.25, 0.3) is 0 Å². The van der Waals surface area contributed by atoms with Crippen LogP contribution in [0.1, 0.15) is 38.5 Å². The molecule has 2 fully saturated rings. The van der Waals surface area contributed by atoms with Gasteiger partial charge in [0.05, 0.1) is 6.61 Å². The molecule has 2 aliphatic rings. The zero-order valence-corrected chi connectivity index (χ0v) is 10.7. The number of rotatable bonds is 2. The third kappa shape index (κ3) is 4.04. The van der Waals surface area contributed by atoms with Gasteiger partial charge < -0.3 is 15.2 Å². The Morgan fingerprint density at radius 3 is 2.31 bits per heavy atom. The Bertz CT molecular complexity index is 169. The molecule has 2 rings (SSSR count). The van der Waals surface area contributed by atoms with Gasteiger partial charge in [-0.2, -0.15) is 0 Å². The van der Waals surface area contributed by atoms with Gasteiger partial charge in [0.2, 0.25) is 0 Å². The largest absolute Gasteiger partial charge is 0.395 e. The Hall–Kier alpha value is -0.120. The van der Waals surface area contributed by atoms with Gasteiger partial charge in [0.15, 0.2) is 0 Å². The normalized spacial score (nSPS) is 30.9. The third-order valence-electron chi connectivity index (χ3n) is 3.85. The molecule has 0 bridgehead atoms. The summed E-state index contributed by atoms with van der Waals surface area (Å²) in [5, 5.41) is 12.6. The number of methoxy groups -OCH3 is 1. The first-order valence-corrected chi connectivity index (χ1v) is 6.57. The van der Waals surface area contributed by atoms with Gasteiger partial charge in [0, 0.05) is 20.3 Å². The minimum absolute atomic E-state index is 0.334. The van der Waals surface area contributed by atoms with E-state index in [1.54, 1.807) is 14.2 Å². The maximum absolute atomic E-state index is 9.20. The maximum atomic E-state index is 9.20. The van der Waals surface area contributed by atoms with Crippen LogP contribution >= 0.6 is 0 Å². The first-order valence-electron chi connectivity index (χ1n) is 6.57. The first kappa shape index (κ1) is 13.9. The molecule has 0 radical (unpaired) electrons. The topological polar surface area (TPSA) is 41.5 Å². The molecule has 0 amide bonds.